The highest BCUT2D eigenvalue weighted by Gasteiger charge is 2.59. The Morgan fingerprint density at radius 2 is 1.89 bits per heavy atom. The molecule has 18 heavy (non-hydrogen) atoms. The number of nitrogens with zero attached hydrogens (tertiary/aromatic N) is 1. The Bertz CT molecular complexity index is 348. The average molecular weight is 257 g/mol. The molecule has 6 heteroatoms. The summed E-state index contributed by atoms with van der Waals surface area (Å²) in [5.74, 6) is -2.01. The average Bonchev–Trinajstić information content (AvgIpc) is 3.08. The van der Waals surface area contributed by atoms with E-state index in [0.717, 1.165) is 0 Å². The van der Waals surface area contributed by atoms with Crippen molar-refractivity contribution < 1.29 is 24.2 Å². The molecule has 0 unspecified atom stereocenters. The van der Waals surface area contributed by atoms with E-state index < -0.39 is 23.3 Å². The van der Waals surface area contributed by atoms with Crippen molar-refractivity contribution in [1.29, 1.82) is 0 Å². The van der Waals surface area contributed by atoms with Crippen LogP contribution in [0.2, 0.25) is 0 Å². The molecule has 0 heterocycles. The van der Waals surface area contributed by atoms with Crippen LogP contribution in [-0.2, 0) is 19.1 Å². The first-order valence-electron chi connectivity index (χ1n) is 6.16. The lowest BCUT2D eigenvalue weighted by molar-refractivity contribution is -0.160. The number of aliphatic carboxylic acids is 1. The fourth-order valence-electron chi connectivity index (χ4n) is 1.89. The van der Waals surface area contributed by atoms with Gasteiger partial charge in [0.15, 0.2) is 0 Å². The lowest BCUT2D eigenvalue weighted by Gasteiger charge is -2.24. The second-order valence-corrected chi connectivity index (χ2v) is 4.42. The van der Waals surface area contributed by atoms with Gasteiger partial charge in [-0.3, -0.25) is 14.4 Å². The van der Waals surface area contributed by atoms with E-state index in [1.165, 1.54) is 4.90 Å². The monoisotopic (exact) mass is 257 g/mol. The Balaban J connectivity index is 2.76. The topological polar surface area (TPSA) is 83.9 Å². The summed E-state index contributed by atoms with van der Waals surface area (Å²) in [5, 5.41) is 8.78. The largest absolute Gasteiger partial charge is 0.480 e. The van der Waals surface area contributed by atoms with E-state index in [1.807, 2.05) is 6.92 Å². The molecule has 0 aliphatic heterocycles. The van der Waals surface area contributed by atoms with Gasteiger partial charge in [0.2, 0.25) is 5.91 Å². The zero-order chi connectivity index (χ0) is 13.8. The van der Waals surface area contributed by atoms with Gasteiger partial charge in [-0.15, -0.1) is 0 Å². The van der Waals surface area contributed by atoms with Gasteiger partial charge in [0.05, 0.1) is 6.61 Å². The molecule has 1 N–H and O–H groups in total. The van der Waals surface area contributed by atoms with Gasteiger partial charge in [0.25, 0.3) is 0 Å². The van der Waals surface area contributed by atoms with E-state index in [2.05, 4.69) is 0 Å². The van der Waals surface area contributed by atoms with Crippen molar-refractivity contribution in [3.8, 4) is 0 Å². The number of ether oxygens (including phenoxy) is 1. The second-order valence-electron chi connectivity index (χ2n) is 4.42. The number of hydrogen-bond donors (Lipinski definition) is 1. The minimum absolute atomic E-state index is 0.223. The summed E-state index contributed by atoms with van der Waals surface area (Å²) in [5.41, 5.74) is -1.11. The molecule has 1 aliphatic carbocycles. The molecule has 0 aromatic rings. The van der Waals surface area contributed by atoms with Gasteiger partial charge < -0.3 is 14.7 Å². The smallest absolute Gasteiger partial charge is 0.323 e. The van der Waals surface area contributed by atoms with E-state index in [1.54, 1.807) is 6.92 Å². The molecule has 1 saturated carbocycles. The standard InChI is InChI=1S/C12H19NO5/c1-3-7-13(8-9(14)15)10(16)12(5-6-12)11(17)18-4-2/h3-8H2,1-2H3,(H,14,15). The van der Waals surface area contributed by atoms with Crippen LogP contribution in [0.3, 0.4) is 0 Å². The van der Waals surface area contributed by atoms with Crippen molar-refractivity contribution in [3.63, 3.8) is 0 Å². The molecule has 102 valence electrons. The van der Waals surface area contributed by atoms with Gasteiger partial charge in [-0.1, -0.05) is 6.92 Å². The number of carboxylic acid groups (broad SMARTS) is 1. The van der Waals surface area contributed by atoms with E-state index in [4.69, 9.17) is 9.84 Å². The van der Waals surface area contributed by atoms with Crippen LogP contribution in [0.15, 0.2) is 0 Å². The van der Waals surface area contributed by atoms with Crippen LogP contribution in [0.25, 0.3) is 0 Å². The Hall–Kier alpha value is -1.59. The number of hydrogen-bond acceptors (Lipinski definition) is 4. The zero-order valence-corrected chi connectivity index (χ0v) is 10.8. The molecule has 0 radical (unpaired) electrons. The third-order valence-corrected chi connectivity index (χ3v) is 2.93. The summed E-state index contributed by atoms with van der Waals surface area (Å²) < 4.78 is 4.89. The number of carboxylic acids is 1. The Labute approximate surface area is 106 Å². The Morgan fingerprint density at radius 3 is 2.28 bits per heavy atom. The molecular formula is C12H19NO5. The van der Waals surface area contributed by atoms with Crippen molar-refractivity contribution in [2.75, 3.05) is 19.7 Å². The number of carbonyl (C=O) groups is 3. The quantitative estimate of drug-likeness (QED) is 0.535. The second kappa shape index (κ2) is 5.84. The van der Waals surface area contributed by atoms with Crippen LogP contribution >= 0.6 is 0 Å². The zero-order valence-electron chi connectivity index (χ0n) is 10.8. The van der Waals surface area contributed by atoms with Crippen LogP contribution in [-0.4, -0.2) is 47.5 Å². The molecular weight excluding hydrogens is 238 g/mol. The summed E-state index contributed by atoms with van der Waals surface area (Å²) >= 11 is 0. The predicted octanol–water partition coefficient (Wildman–Crippen LogP) is 0.653. The lowest BCUT2D eigenvalue weighted by Crippen LogP contribution is -2.44. The summed E-state index contributed by atoms with van der Waals surface area (Å²) in [6.45, 7) is 3.73. The first-order chi connectivity index (χ1) is 8.47. The van der Waals surface area contributed by atoms with Gasteiger partial charge in [-0.05, 0) is 26.2 Å². The van der Waals surface area contributed by atoms with Crippen LogP contribution in [0.5, 0.6) is 0 Å². The van der Waals surface area contributed by atoms with Crippen LogP contribution in [0.1, 0.15) is 33.1 Å². The normalized spacial score (nSPS) is 15.9. The minimum Gasteiger partial charge on any atom is -0.480 e. The molecule has 0 saturated heterocycles. The number of rotatable bonds is 7. The van der Waals surface area contributed by atoms with Crippen molar-refractivity contribution in [1.82, 2.24) is 4.90 Å². The molecule has 1 fully saturated rings. The fourth-order valence-corrected chi connectivity index (χ4v) is 1.89. The number of amides is 1. The first kappa shape index (κ1) is 14.5. The molecule has 6 nitrogen and oxygen atoms in total. The van der Waals surface area contributed by atoms with Gasteiger partial charge in [0.1, 0.15) is 12.0 Å². The molecule has 1 rings (SSSR count). The van der Waals surface area contributed by atoms with Crippen LogP contribution in [0.4, 0.5) is 0 Å². The van der Waals surface area contributed by atoms with Gasteiger partial charge in [0, 0.05) is 6.54 Å². The minimum atomic E-state index is -1.11. The van der Waals surface area contributed by atoms with Gasteiger partial charge in [-0.2, -0.15) is 0 Å². The maximum Gasteiger partial charge on any atom is 0.323 e. The van der Waals surface area contributed by atoms with Gasteiger partial charge in [-0.25, -0.2) is 0 Å². The van der Waals surface area contributed by atoms with Crippen molar-refractivity contribution in [3.05, 3.63) is 0 Å². The summed E-state index contributed by atoms with van der Waals surface area (Å²) in [6, 6.07) is 0. The molecule has 0 aromatic carbocycles. The highest BCUT2D eigenvalue weighted by molar-refractivity contribution is 6.06. The first-order valence-corrected chi connectivity index (χ1v) is 6.16. The number of esters is 1. The molecule has 1 amide bonds. The molecule has 1 aliphatic rings. The summed E-state index contributed by atoms with van der Waals surface area (Å²) in [6.07, 6.45) is 1.55. The van der Waals surface area contributed by atoms with Gasteiger partial charge >= 0.3 is 11.9 Å². The van der Waals surface area contributed by atoms with Crippen molar-refractivity contribution in [2.45, 2.75) is 33.1 Å². The summed E-state index contributed by atoms with van der Waals surface area (Å²) in [4.78, 5) is 35.9. The van der Waals surface area contributed by atoms with Crippen molar-refractivity contribution in [2.24, 2.45) is 5.41 Å². The maximum absolute atomic E-state index is 12.2. The molecule has 0 spiro atoms. The highest BCUT2D eigenvalue weighted by atomic mass is 16.5. The number of carbonyl (C=O) groups excluding carboxylic acids is 2. The Morgan fingerprint density at radius 1 is 1.28 bits per heavy atom. The third-order valence-electron chi connectivity index (χ3n) is 2.93. The Kier molecular flexibility index (Phi) is 4.69. The van der Waals surface area contributed by atoms with Crippen molar-refractivity contribution >= 4 is 17.8 Å². The predicted molar refractivity (Wildman–Crippen MR) is 62.8 cm³/mol. The van der Waals surface area contributed by atoms with E-state index in [9.17, 15) is 14.4 Å². The van der Waals surface area contributed by atoms with Crippen LogP contribution in [0, 0.1) is 5.41 Å². The molecule has 0 bridgehead atoms. The summed E-state index contributed by atoms with van der Waals surface area (Å²) in [7, 11) is 0. The van der Waals surface area contributed by atoms with E-state index in [0.29, 0.717) is 25.8 Å². The van der Waals surface area contributed by atoms with E-state index in [-0.39, 0.29) is 13.2 Å². The van der Waals surface area contributed by atoms with E-state index >= 15 is 0 Å². The molecule has 0 atom stereocenters. The maximum atomic E-state index is 12.2. The fraction of sp³-hybridized carbons (Fsp3) is 0.750. The third kappa shape index (κ3) is 3.00. The highest BCUT2D eigenvalue weighted by Crippen LogP contribution is 2.48. The SMILES string of the molecule is CCCN(CC(=O)O)C(=O)C1(C(=O)OCC)CC1. The van der Waals surface area contributed by atoms with Crippen LogP contribution < -0.4 is 0 Å². The molecule has 0 aromatic heterocycles. The lowest BCUT2D eigenvalue weighted by atomic mass is 10.1.